The predicted octanol–water partition coefficient (Wildman–Crippen LogP) is 6.82. The Balaban J connectivity index is 0.769. The quantitative estimate of drug-likeness (QED) is 0.166. The van der Waals surface area contributed by atoms with Crippen molar-refractivity contribution in [3.8, 4) is 11.5 Å². The van der Waals surface area contributed by atoms with E-state index in [1.165, 1.54) is 31.3 Å². The number of benzene rings is 3. The van der Waals surface area contributed by atoms with Crippen molar-refractivity contribution < 1.29 is 41.8 Å². The van der Waals surface area contributed by atoms with Crippen LogP contribution in [0.25, 0.3) is 10.9 Å². The Morgan fingerprint density at radius 3 is 2.21 bits per heavy atom. The Morgan fingerprint density at radius 1 is 0.839 bits per heavy atom. The zero-order valence-corrected chi connectivity index (χ0v) is 35.1. The van der Waals surface area contributed by atoms with Crippen molar-refractivity contribution in [1.82, 2.24) is 29.8 Å². The fraction of sp³-hybridized carbons (Fsp3) is 0.489. The minimum Gasteiger partial charge on any atom is -0.495 e. The van der Waals surface area contributed by atoms with Gasteiger partial charge in [-0.25, -0.2) is 4.79 Å². The van der Waals surface area contributed by atoms with Gasteiger partial charge in [0.05, 0.1) is 42.7 Å². The van der Waals surface area contributed by atoms with Crippen LogP contribution < -0.4 is 25.0 Å². The summed E-state index contributed by atoms with van der Waals surface area (Å²) in [5.41, 5.74) is 1.29. The molecule has 0 unspecified atom stereocenters. The van der Waals surface area contributed by atoms with Crippen LogP contribution in [0.1, 0.15) is 83.7 Å². The minimum absolute atomic E-state index is 0.0597. The molecule has 4 aromatic rings. The Kier molecular flexibility index (Phi) is 12.5. The molecular weight excluding hydrogens is 806 g/mol. The third-order valence-electron chi connectivity index (χ3n) is 13.2. The first-order valence-corrected chi connectivity index (χ1v) is 21.4. The molecule has 0 aliphatic carbocycles. The minimum atomic E-state index is -4.56. The van der Waals surface area contributed by atoms with Crippen LogP contribution in [-0.4, -0.2) is 121 Å². The summed E-state index contributed by atoms with van der Waals surface area (Å²) in [6.07, 6.45) is 4.79. The maximum Gasteiger partial charge on any atom is 0.416 e. The lowest BCUT2D eigenvalue weighted by molar-refractivity contribution is -0.137. The lowest BCUT2D eigenvalue weighted by Crippen LogP contribution is -2.50. The molecule has 0 saturated carbocycles. The lowest BCUT2D eigenvalue weighted by Gasteiger charge is -2.47. The molecule has 0 bridgehead atoms. The third-order valence-corrected chi connectivity index (χ3v) is 13.2. The summed E-state index contributed by atoms with van der Waals surface area (Å²) in [5, 5.41) is 10.7. The summed E-state index contributed by atoms with van der Waals surface area (Å²) in [4.78, 5) is 59.3. The normalized spacial score (nSPS) is 19.2. The van der Waals surface area contributed by atoms with E-state index in [9.17, 15) is 32.3 Å². The second-order valence-electron chi connectivity index (χ2n) is 17.0. The zero-order valence-electron chi connectivity index (χ0n) is 35.1. The van der Waals surface area contributed by atoms with E-state index in [0.717, 1.165) is 102 Å². The van der Waals surface area contributed by atoms with Crippen LogP contribution in [0.5, 0.6) is 11.5 Å². The number of aromatic nitrogens is 2. The van der Waals surface area contributed by atoms with E-state index in [1.54, 1.807) is 30.3 Å². The highest BCUT2D eigenvalue weighted by Gasteiger charge is 2.39. The van der Waals surface area contributed by atoms with Gasteiger partial charge in [0.15, 0.2) is 0 Å². The number of ether oxygens (including phenoxy) is 2. The van der Waals surface area contributed by atoms with Gasteiger partial charge in [0, 0.05) is 67.9 Å². The number of urea groups is 1. The number of piperidine rings is 3. The van der Waals surface area contributed by atoms with Gasteiger partial charge >= 0.3 is 12.2 Å². The van der Waals surface area contributed by atoms with Crippen LogP contribution in [0.4, 0.5) is 29.3 Å². The second kappa shape index (κ2) is 18.0. The second-order valence-corrected chi connectivity index (χ2v) is 17.0. The van der Waals surface area contributed by atoms with Crippen molar-refractivity contribution in [2.24, 2.45) is 5.41 Å². The molecule has 17 heteroatoms. The molecule has 4 aliphatic heterocycles. The van der Waals surface area contributed by atoms with Crippen molar-refractivity contribution in [1.29, 1.82) is 0 Å². The van der Waals surface area contributed by atoms with Gasteiger partial charge in [0.25, 0.3) is 11.8 Å². The van der Waals surface area contributed by atoms with Gasteiger partial charge in [-0.15, -0.1) is 0 Å². The molecule has 1 aromatic heterocycles. The van der Waals surface area contributed by atoms with Gasteiger partial charge in [0.2, 0.25) is 5.91 Å². The molecule has 0 radical (unpaired) electrons. The highest BCUT2D eigenvalue weighted by atomic mass is 19.4. The first-order chi connectivity index (χ1) is 29.8. The Labute approximate surface area is 358 Å². The Hall–Kier alpha value is -5.68. The fourth-order valence-electron chi connectivity index (χ4n) is 9.43. The average Bonchev–Trinajstić information content (AvgIpc) is 3.69. The average molecular weight is 859 g/mol. The number of methoxy groups -OCH3 is 2. The number of imide groups is 1. The van der Waals surface area contributed by atoms with Crippen LogP contribution >= 0.6 is 0 Å². The van der Waals surface area contributed by atoms with E-state index in [0.29, 0.717) is 47.0 Å². The molecule has 5 amide bonds. The van der Waals surface area contributed by atoms with E-state index in [-0.39, 0.29) is 41.8 Å². The van der Waals surface area contributed by atoms with E-state index in [2.05, 4.69) is 20.4 Å². The topological polar surface area (TPSA) is 142 Å². The molecule has 2 N–H and O–H groups in total. The molecule has 5 heterocycles. The van der Waals surface area contributed by atoms with Crippen LogP contribution in [0.3, 0.4) is 0 Å². The number of hydrogen-bond donors (Lipinski definition) is 2. The van der Waals surface area contributed by atoms with E-state index >= 15 is 0 Å². The molecule has 330 valence electrons. The number of nitrogens with zero attached hydrogens (tertiary/aromatic N) is 6. The van der Waals surface area contributed by atoms with Crippen LogP contribution in [0.2, 0.25) is 0 Å². The number of alkyl halides is 3. The van der Waals surface area contributed by atoms with Crippen molar-refractivity contribution in [2.45, 2.75) is 63.6 Å². The maximum absolute atomic E-state index is 13.7. The summed E-state index contributed by atoms with van der Waals surface area (Å²) in [5.74, 6) is -0.211. The summed E-state index contributed by atoms with van der Waals surface area (Å²) < 4.78 is 52.7. The summed E-state index contributed by atoms with van der Waals surface area (Å²) in [6, 6.07) is 12.6. The fourth-order valence-corrected chi connectivity index (χ4v) is 9.43. The van der Waals surface area contributed by atoms with Crippen LogP contribution in [0.15, 0.2) is 60.8 Å². The summed E-state index contributed by atoms with van der Waals surface area (Å²) >= 11 is 0. The van der Waals surface area contributed by atoms with Gasteiger partial charge in [0.1, 0.15) is 11.5 Å². The van der Waals surface area contributed by atoms with E-state index < -0.39 is 23.7 Å². The number of amides is 5. The van der Waals surface area contributed by atoms with Crippen LogP contribution in [-0.2, 0) is 11.0 Å². The molecule has 4 aliphatic rings. The first kappa shape index (κ1) is 43.0. The van der Waals surface area contributed by atoms with Crippen molar-refractivity contribution in [2.75, 3.05) is 83.3 Å². The largest absolute Gasteiger partial charge is 0.495 e. The first-order valence-electron chi connectivity index (χ1n) is 21.4. The Morgan fingerprint density at radius 2 is 1.53 bits per heavy atom. The standard InChI is InChI=1S/C45H53F3N8O6/c1-61-38-8-7-31(27-37(38)55-20-11-40(57)50-43(55)60)42(59)54-23-14-44(15-24-54)12-21-53(22-13-44)17-4-16-52-18-9-34(10-19-52)56-29-32-26-36(39(62-2)28-35(32)51-56)49-41(58)30-5-3-6-33(25-30)45(46,47)48/h3,5-8,25-29,34H,4,9-24H2,1-2H3,(H,49,58)(H,50,57,60). The molecule has 4 fully saturated rings. The lowest BCUT2D eigenvalue weighted by atomic mass is 9.71. The number of carbonyl (C=O) groups is 4. The molecule has 4 saturated heterocycles. The van der Waals surface area contributed by atoms with E-state index in [4.69, 9.17) is 14.6 Å². The third kappa shape index (κ3) is 9.38. The number of rotatable bonds is 11. The van der Waals surface area contributed by atoms with Gasteiger partial charge in [-0.1, -0.05) is 6.07 Å². The molecule has 62 heavy (non-hydrogen) atoms. The van der Waals surface area contributed by atoms with Crippen molar-refractivity contribution >= 4 is 46.0 Å². The zero-order chi connectivity index (χ0) is 43.6. The highest BCUT2D eigenvalue weighted by Crippen LogP contribution is 2.42. The van der Waals surface area contributed by atoms with E-state index in [1.807, 2.05) is 15.8 Å². The smallest absolute Gasteiger partial charge is 0.416 e. The van der Waals surface area contributed by atoms with Gasteiger partial charge in [-0.3, -0.25) is 29.3 Å². The maximum atomic E-state index is 13.7. The number of nitrogens with one attached hydrogen (secondary N) is 2. The number of carbonyl (C=O) groups excluding carboxylic acids is 4. The summed E-state index contributed by atoms with van der Waals surface area (Å²) in [6.45, 7) is 7.77. The molecule has 3 aromatic carbocycles. The number of likely N-dealkylation sites (tertiary alicyclic amines) is 3. The van der Waals surface area contributed by atoms with Gasteiger partial charge in [-0.2, -0.15) is 18.3 Å². The van der Waals surface area contributed by atoms with Gasteiger partial charge < -0.3 is 29.5 Å². The van der Waals surface area contributed by atoms with Gasteiger partial charge in [-0.05, 0) is 119 Å². The van der Waals surface area contributed by atoms with Crippen LogP contribution in [0, 0.1) is 5.41 Å². The molecule has 14 nitrogen and oxygen atoms in total. The molecule has 8 rings (SSSR count). The number of hydrogen-bond acceptors (Lipinski definition) is 9. The van der Waals surface area contributed by atoms with Crippen molar-refractivity contribution in [3.63, 3.8) is 0 Å². The van der Waals surface area contributed by atoms with Crippen molar-refractivity contribution in [3.05, 3.63) is 77.5 Å². The summed E-state index contributed by atoms with van der Waals surface area (Å²) in [7, 11) is 2.99. The SMILES string of the molecule is COc1cc2nn(C3CCN(CCCN4CCC5(CC4)CCN(C(=O)c4ccc(OC)c(N6CCC(=O)NC6=O)c4)CC5)CC3)cc2cc1NC(=O)c1cccc(C(F)(F)F)c1. The predicted molar refractivity (Wildman–Crippen MR) is 227 cm³/mol. The molecular formula is C45H53F3N8O6. The monoisotopic (exact) mass is 858 g/mol. The Bertz CT molecular complexity index is 2310. The highest BCUT2D eigenvalue weighted by molar-refractivity contribution is 6.07. The molecule has 1 spiro atoms. The number of anilines is 2. The molecule has 0 atom stereocenters. The number of halogens is 3. The number of fused-ring (bicyclic) bond motifs is 1.